The minimum absolute atomic E-state index is 0.788. The molecule has 2 unspecified atom stereocenters. The summed E-state index contributed by atoms with van der Waals surface area (Å²) < 4.78 is 0. The zero-order valence-corrected chi connectivity index (χ0v) is 8.70. The van der Waals surface area contributed by atoms with Crippen LogP contribution in [-0.4, -0.2) is 17.2 Å². The fraction of sp³-hybridized carbons (Fsp3) is 1.00. The molecule has 2 heteroatoms. The fourth-order valence-corrected chi connectivity index (χ4v) is 3.80. The second-order valence-electron chi connectivity index (χ2n) is 4.15. The van der Waals surface area contributed by atoms with Crippen molar-refractivity contribution in [3.8, 4) is 0 Å². The lowest BCUT2D eigenvalue weighted by Gasteiger charge is -2.31. The number of thioether (sulfide) groups is 1. The van der Waals surface area contributed by atoms with Gasteiger partial charge in [-0.05, 0) is 31.7 Å². The highest BCUT2D eigenvalue weighted by Crippen LogP contribution is 2.36. The maximum Gasteiger partial charge on any atom is 0.0563 e. The molecule has 0 aromatic heterocycles. The summed E-state index contributed by atoms with van der Waals surface area (Å²) in [5, 5.41) is 5.33. The molecule has 1 heterocycles. The standard InChI is InChI=1S/C10H19NS/c1-8-6-7-11-10(12-8)9-4-2-3-5-9/h8-11H,2-7H2,1H3. The van der Waals surface area contributed by atoms with E-state index in [-0.39, 0.29) is 0 Å². The van der Waals surface area contributed by atoms with Crippen molar-refractivity contribution in [2.45, 2.75) is 49.7 Å². The van der Waals surface area contributed by atoms with Gasteiger partial charge >= 0.3 is 0 Å². The van der Waals surface area contributed by atoms with Gasteiger partial charge in [0.15, 0.2) is 0 Å². The average molecular weight is 185 g/mol. The zero-order valence-electron chi connectivity index (χ0n) is 7.88. The van der Waals surface area contributed by atoms with Crippen LogP contribution in [0, 0.1) is 5.92 Å². The molecule has 12 heavy (non-hydrogen) atoms. The topological polar surface area (TPSA) is 12.0 Å². The first-order valence-electron chi connectivity index (χ1n) is 5.25. The Hall–Kier alpha value is 0.310. The normalized spacial score (nSPS) is 38.8. The summed E-state index contributed by atoms with van der Waals surface area (Å²) in [6.07, 6.45) is 7.23. The van der Waals surface area contributed by atoms with Crippen LogP contribution < -0.4 is 5.32 Å². The summed E-state index contributed by atoms with van der Waals surface area (Å²) in [6, 6.07) is 0. The predicted octanol–water partition coefficient (Wildman–Crippen LogP) is 2.62. The van der Waals surface area contributed by atoms with Crippen LogP contribution in [0.25, 0.3) is 0 Å². The van der Waals surface area contributed by atoms with Gasteiger partial charge in [0.05, 0.1) is 5.37 Å². The van der Waals surface area contributed by atoms with E-state index in [0.29, 0.717) is 0 Å². The van der Waals surface area contributed by atoms with Gasteiger partial charge in [0, 0.05) is 5.25 Å². The average Bonchev–Trinajstić information content (AvgIpc) is 2.56. The smallest absolute Gasteiger partial charge is 0.0563 e. The number of hydrogen-bond acceptors (Lipinski definition) is 2. The van der Waals surface area contributed by atoms with Crippen LogP contribution >= 0.6 is 11.8 Å². The van der Waals surface area contributed by atoms with Gasteiger partial charge in [0.1, 0.15) is 0 Å². The van der Waals surface area contributed by atoms with E-state index in [2.05, 4.69) is 24.0 Å². The van der Waals surface area contributed by atoms with Crippen LogP contribution in [-0.2, 0) is 0 Å². The van der Waals surface area contributed by atoms with Crippen LogP contribution in [0.5, 0.6) is 0 Å². The molecule has 0 aromatic carbocycles. The minimum atomic E-state index is 0.788. The van der Waals surface area contributed by atoms with Gasteiger partial charge in [-0.3, -0.25) is 0 Å². The first-order chi connectivity index (χ1) is 5.86. The van der Waals surface area contributed by atoms with E-state index in [1.165, 1.54) is 38.6 Å². The van der Waals surface area contributed by atoms with E-state index in [4.69, 9.17) is 0 Å². The lowest BCUT2D eigenvalue weighted by molar-refractivity contribution is 0.438. The molecular weight excluding hydrogens is 166 g/mol. The third-order valence-corrected chi connectivity index (χ3v) is 4.65. The van der Waals surface area contributed by atoms with Crippen molar-refractivity contribution < 1.29 is 0 Å². The number of nitrogens with one attached hydrogen (secondary N) is 1. The van der Waals surface area contributed by atoms with Crippen molar-refractivity contribution in [3.05, 3.63) is 0 Å². The summed E-state index contributed by atoms with van der Waals surface area (Å²) in [5.74, 6) is 0.984. The van der Waals surface area contributed by atoms with Gasteiger partial charge in [-0.1, -0.05) is 19.8 Å². The fourth-order valence-electron chi connectivity index (χ4n) is 2.33. The van der Waals surface area contributed by atoms with Crippen LogP contribution in [0.3, 0.4) is 0 Å². The Balaban J connectivity index is 1.85. The van der Waals surface area contributed by atoms with E-state index in [1.54, 1.807) is 0 Å². The summed E-state index contributed by atoms with van der Waals surface area (Å²) >= 11 is 2.17. The highest BCUT2D eigenvalue weighted by molar-refractivity contribution is 8.00. The monoisotopic (exact) mass is 185 g/mol. The van der Waals surface area contributed by atoms with Gasteiger partial charge in [-0.15, -0.1) is 11.8 Å². The Morgan fingerprint density at radius 2 is 1.92 bits per heavy atom. The number of hydrogen-bond donors (Lipinski definition) is 1. The van der Waals surface area contributed by atoms with Gasteiger partial charge < -0.3 is 5.32 Å². The highest BCUT2D eigenvalue weighted by Gasteiger charge is 2.28. The molecule has 1 aliphatic carbocycles. The molecule has 70 valence electrons. The summed E-state index contributed by atoms with van der Waals surface area (Å²) in [6.45, 7) is 3.61. The maximum absolute atomic E-state index is 3.65. The lowest BCUT2D eigenvalue weighted by atomic mass is 10.1. The molecule has 1 N–H and O–H groups in total. The maximum atomic E-state index is 3.65. The Labute approximate surface area is 79.7 Å². The quantitative estimate of drug-likeness (QED) is 0.674. The predicted molar refractivity (Wildman–Crippen MR) is 55.4 cm³/mol. The molecule has 2 atom stereocenters. The third-order valence-electron chi connectivity index (χ3n) is 3.10. The highest BCUT2D eigenvalue weighted by atomic mass is 32.2. The lowest BCUT2D eigenvalue weighted by Crippen LogP contribution is -2.39. The van der Waals surface area contributed by atoms with Crippen molar-refractivity contribution in [1.82, 2.24) is 5.32 Å². The van der Waals surface area contributed by atoms with E-state index in [9.17, 15) is 0 Å². The molecule has 2 fully saturated rings. The van der Waals surface area contributed by atoms with Crippen molar-refractivity contribution in [2.75, 3.05) is 6.54 Å². The number of rotatable bonds is 1. The van der Waals surface area contributed by atoms with Crippen LogP contribution in [0.15, 0.2) is 0 Å². The second-order valence-corrected chi connectivity index (χ2v) is 5.74. The molecule has 0 bridgehead atoms. The molecule has 0 radical (unpaired) electrons. The molecule has 1 aliphatic heterocycles. The van der Waals surface area contributed by atoms with Crippen molar-refractivity contribution in [1.29, 1.82) is 0 Å². The van der Waals surface area contributed by atoms with Crippen LogP contribution in [0.2, 0.25) is 0 Å². The van der Waals surface area contributed by atoms with Gasteiger partial charge in [0.2, 0.25) is 0 Å². The van der Waals surface area contributed by atoms with Crippen molar-refractivity contribution in [3.63, 3.8) is 0 Å². The molecule has 1 nitrogen and oxygen atoms in total. The van der Waals surface area contributed by atoms with Crippen LogP contribution in [0.4, 0.5) is 0 Å². The van der Waals surface area contributed by atoms with Gasteiger partial charge in [-0.25, -0.2) is 0 Å². The van der Waals surface area contributed by atoms with Crippen molar-refractivity contribution in [2.24, 2.45) is 5.92 Å². The van der Waals surface area contributed by atoms with E-state index in [0.717, 1.165) is 16.5 Å². The summed E-state index contributed by atoms with van der Waals surface area (Å²) in [5.41, 5.74) is 0. The van der Waals surface area contributed by atoms with Crippen LogP contribution in [0.1, 0.15) is 39.0 Å². The van der Waals surface area contributed by atoms with E-state index in [1.807, 2.05) is 0 Å². The Kier molecular flexibility index (Phi) is 2.97. The van der Waals surface area contributed by atoms with E-state index < -0.39 is 0 Å². The molecule has 0 aromatic rings. The van der Waals surface area contributed by atoms with Gasteiger partial charge in [0.25, 0.3) is 0 Å². The summed E-state index contributed by atoms with van der Waals surface area (Å²) in [7, 11) is 0. The molecule has 0 spiro atoms. The molecular formula is C10H19NS. The third kappa shape index (κ3) is 1.97. The first-order valence-corrected chi connectivity index (χ1v) is 6.19. The molecule has 0 amide bonds. The second kappa shape index (κ2) is 4.01. The molecule has 1 saturated heterocycles. The Bertz CT molecular complexity index is 143. The Morgan fingerprint density at radius 3 is 2.58 bits per heavy atom. The first kappa shape index (κ1) is 8.89. The molecule has 1 saturated carbocycles. The zero-order chi connectivity index (χ0) is 8.39. The van der Waals surface area contributed by atoms with Gasteiger partial charge in [-0.2, -0.15) is 0 Å². The largest absolute Gasteiger partial charge is 0.305 e. The minimum Gasteiger partial charge on any atom is -0.305 e. The SMILES string of the molecule is CC1CCNC(C2CCCC2)S1. The molecule has 2 rings (SSSR count). The Morgan fingerprint density at radius 1 is 1.17 bits per heavy atom. The van der Waals surface area contributed by atoms with E-state index >= 15 is 0 Å². The molecule has 2 aliphatic rings. The van der Waals surface area contributed by atoms with Crippen molar-refractivity contribution >= 4 is 11.8 Å². The summed E-state index contributed by atoms with van der Waals surface area (Å²) in [4.78, 5) is 0.